The molecule has 14 N–H and O–H groups in total. The highest BCUT2D eigenvalue weighted by atomic mass is 16.6. The number of carbonyl (C=O) groups excluding carboxylic acids is 15. The van der Waals surface area contributed by atoms with Crippen LogP contribution in [0.5, 0.6) is 0 Å². The Bertz CT molecular complexity index is 2820. The van der Waals surface area contributed by atoms with Crippen LogP contribution in [0.15, 0.2) is 0 Å². The number of nitrogens with one attached hydrogen (secondary N) is 14. The lowest BCUT2D eigenvalue weighted by Crippen LogP contribution is -2.63. The van der Waals surface area contributed by atoms with E-state index in [1.165, 1.54) is 41.7 Å². The van der Waals surface area contributed by atoms with Crippen molar-refractivity contribution in [2.24, 2.45) is 41.4 Å². The van der Waals surface area contributed by atoms with Crippen LogP contribution >= 0.6 is 0 Å². The predicted octanol–water partition coefficient (Wildman–Crippen LogP) is 2.21. The number of hydrogen-bond donors (Lipinski definition) is 14. The molecule has 0 aliphatic rings. The van der Waals surface area contributed by atoms with Crippen molar-refractivity contribution in [3.8, 4) is 0 Å². The molecular formula is C70H126N14O17. The topological polar surface area (TPSA) is 443 Å². The SMILES string of the molecule is CCCCC(CCC)(NC(=O)CNC(=O)[C@H](CC(C)C)NC(=O)[C@H](C)NC(=O)[C@@H](NC(=O)[C@@H](NC(=O)OC(C)(C)C)C(C)C)C(C)C)C(=O)NCC(=O)N[C@H](C(=O)N[C@@H](C)C(=O)N[C@@H](CC(C)C)C(=O)NC(C)(C)C(=O)N[C@H](C(=O)N[C@@H](C)C(=O)N[C@@H](CC(C)C)C(=O)OC)C(C)C)C(C)C. The van der Waals surface area contributed by atoms with Gasteiger partial charge in [-0.15, -0.1) is 0 Å². The average molecular weight is 1440 g/mol. The lowest BCUT2D eigenvalue weighted by molar-refractivity contribution is -0.146. The smallest absolute Gasteiger partial charge is 0.408 e. The molecule has 0 heterocycles. The molecule has 0 aromatic heterocycles. The van der Waals surface area contributed by atoms with Crippen molar-refractivity contribution in [1.29, 1.82) is 0 Å². The third kappa shape index (κ3) is 33.9. The van der Waals surface area contributed by atoms with E-state index >= 15 is 0 Å². The van der Waals surface area contributed by atoms with E-state index in [9.17, 15) is 71.9 Å². The van der Waals surface area contributed by atoms with Crippen LogP contribution < -0.4 is 74.4 Å². The highest BCUT2D eigenvalue weighted by molar-refractivity contribution is 6.00. The van der Waals surface area contributed by atoms with Gasteiger partial charge in [-0.2, -0.15) is 0 Å². The summed E-state index contributed by atoms with van der Waals surface area (Å²) in [6.45, 7) is 38.8. The Morgan fingerprint density at radius 3 is 1.13 bits per heavy atom. The lowest BCUT2D eigenvalue weighted by Gasteiger charge is -2.34. The van der Waals surface area contributed by atoms with E-state index in [2.05, 4.69) is 74.4 Å². The number of unbranched alkanes of at least 4 members (excludes halogenated alkanes) is 1. The first-order valence-corrected chi connectivity index (χ1v) is 35.5. The number of esters is 1. The second kappa shape index (κ2) is 43.6. The van der Waals surface area contributed by atoms with Gasteiger partial charge >= 0.3 is 12.1 Å². The summed E-state index contributed by atoms with van der Waals surface area (Å²) in [6.07, 6.45) is 1.40. The van der Waals surface area contributed by atoms with Crippen LogP contribution in [-0.2, 0) is 76.6 Å². The van der Waals surface area contributed by atoms with Crippen molar-refractivity contribution in [2.45, 2.75) is 295 Å². The van der Waals surface area contributed by atoms with Crippen LogP contribution in [0.3, 0.4) is 0 Å². The normalized spacial score (nSPS) is 15.3. The van der Waals surface area contributed by atoms with Crippen molar-refractivity contribution in [1.82, 2.24) is 74.4 Å². The zero-order valence-corrected chi connectivity index (χ0v) is 64.8. The fourth-order valence-corrected chi connectivity index (χ4v) is 10.4. The van der Waals surface area contributed by atoms with E-state index < -0.39 is 203 Å². The van der Waals surface area contributed by atoms with Crippen molar-refractivity contribution in [3.63, 3.8) is 0 Å². The van der Waals surface area contributed by atoms with Gasteiger partial charge in [0.15, 0.2) is 0 Å². The first-order valence-electron chi connectivity index (χ1n) is 35.5. The largest absolute Gasteiger partial charge is 0.467 e. The van der Waals surface area contributed by atoms with Gasteiger partial charge in [-0.3, -0.25) is 62.3 Å². The highest BCUT2D eigenvalue weighted by Crippen LogP contribution is 2.22. The molecule has 0 saturated carbocycles. The summed E-state index contributed by atoms with van der Waals surface area (Å²) >= 11 is 0. The molecule has 0 radical (unpaired) electrons. The second-order valence-corrected chi connectivity index (χ2v) is 30.4. The molecular weight excluding hydrogens is 1310 g/mol. The molecule has 11 atom stereocenters. The van der Waals surface area contributed by atoms with Gasteiger partial charge in [0, 0.05) is 0 Å². The molecule has 101 heavy (non-hydrogen) atoms. The number of rotatable bonds is 43. The Balaban J connectivity index is 6.16. The van der Waals surface area contributed by atoms with Gasteiger partial charge in [0.25, 0.3) is 0 Å². The number of carbonyl (C=O) groups is 15. The molecule has 14 amide bonds. The van der Waals surface area contributed by atoms with Gasteiger partial charge in [0.1, 0.15) is 77.1 Å². The van der Waals surface area contributed by atoms with E-state index in [1.807, 2.05) is 34.6 Å². The summed E-state index contributed by atoms with van der Waals surface area (Å²) in [5, 5.41) is 36.8. The minimum absolute atomic E-state index is 0.0302. The molecule has 578 valence electrons. The van der Waals surface area contributed by atoms with E-state index in [4.69, 9.17) is 9.47 Å². The standard InChI is InChI=1S/C70H126N14O17/c1-26-28-30-70(29-27-2,83-50(86)35-71-58(90)46(31-36(3)4)76-55(87)43(17)74-61(93)52(40(11)12)80-63(95)54(42(15)16)82-67(99)101-68(20,21)22)66(98)72-34-49(85)79-51(39(9)10)60(92)73-44(18)56(88)77-47(32-37(5)6)59(91)84-69(23,24)65(97)81-53(41(13)14)62(94)75-45(19)57(89)78-48(33-38(7)8)64(96)100-25/h36-48,51-54H,26-35H2,1-25H3,(H,71,90)(H,72,98)(H,73,92)(H,74,93)(H,75,94)(H,76,87)(H,77,88)(H,78,89)(H,79,85)(H,80,95)(H,81,97)(H,82,99)(H,83,86)(H,84,91)/t43-,44-,45-,46-,47-,48-,51-,52-,53-,54-,70?/m0/s1. The van der Waals surface area contributed by atoms with Crippen molar-refractivity contribution in [3.05, 3.63) is 0 Å². The zero-order valence-electron chi connectivity index (χ0n) is 64.8. The number of alkyl carbamates (subject to hydrolysis) is 1. The van der Waals surface area contributed by atoms with Gasteiger partial charge in [0.2, 0.25) is 76.8 Å². The van der Waals surface area contributed by atoms with Gasteiger partial charge in [-0.25, -0.2) is 9.59 Å². The Hall–Kier alpha value is -8.15. The molecule has 0 aromatic rings. The van der Waals surface area contributed by atoms with Crippen LogP contribution in [0.2, 0.25) is 0 Å². The van der Waals surface area contributed by atoms with Crippen LogP contribution in [0.1, 0.15) is 218 Å². The Morgan fingerprint density at radius 2 is 0.733 bits per heavy atom. The van der Waals surface area contributed by atoms with Gasteiger partial charge in [-0.1, -0.05) is 130 Å². The maximum Gasteiger partial charge on any atom is 0.408 e. The van der Waals surface area contributed by atoms with E-state index in [0.29, 0.717) is 19.3 Å². The van der Waals surface area contributed by atoms with Gasteiger partial charge in [0.05, 0.1) is 20.2 Å². The summed E-state index contributed by atoms with van der Waals surface area (Å²) in [5.41, 5.74) is -4.08. The molecule has 0 saturated heterocycles. The predicted molar refractivity (Wildman–Crippen MR) is 381 cm³/mol. The molecule has 31 nitrogen and oxygen atoms in total. The molecule has 0 aliphatic heterocycles. The quantitative estimate of drug-likeness (QED) is 0.0389. The summed E-state index contributed by atoms with van der Waals surface area (Å²) in [4.78, 5) is 203. The molecule has 0 fully saturated rings. The average Bonchev–Trinajstić information content (AvgIpc) is 0.827. The molecule has 31 heteroatoms. The fraction of sp³-hybridized carbons (Fsp3) is 0.786. The highest BCUT2D eigenvalue weighted by Gasteiger charge is 2.42. The van der Waals surface area contributed by atoms with Crippen LogP contribution in [-0.4, -0.2) is 186 Å². The maximum absolute atomic E-state index is 14.3. The molecule has 0 bridgehead atoms. The Morgan fingerprint density at radius 1 is 0.356 bits per heavy atom. The molecule has 0 aromatic carbocycles. The molecule has 0 rings (SSSR count). The Labute approximate surface area is 598 Å². The van der Waals surface area contributed by atoms with E-state index in [-0.39, 0.29) is 49.9 Å². The Kier molecular flexibility index (Phi) is 40.1. The van der Waals surface area contributed by atoms with Crippen molar-refractivity contribution in [2.75, 3.05) is 20.2 Å². The number of ether oxygens (including phenoxy) is 2. The lowest BCUT2D eigenvalue weighted by atomic mass is 9.86. The van der Waals surface area contributed by atoms with Crippen LogP contribution in [0, 0.1) is 41.4 Å². The van der Waals surface area contributed by atoms with Crippen molar-refractivity contribution >= 4 is 88.9 Å². The van der Waals surface area contributed by atoms with Gasteiger partial charge in [-0.05, 0) is 129 Å². The fourth-order valence-electron chi connectivity index (χ4n) is 10.4. The second-order valence-electron chi connectivity index (χ2n) is 30.4. The summed E-state index contributed by atoms with van der Waals surface area (Å²) in [7, 11) is 1.20. The van der Waals surface area contributed by atoms with Gasteiger partial charge < -0.3 is 83.9 Å². The minimum Gasteiger partial charge on any atom is -0.467 e. The number of methoxy groups -OCH3 is 1. The molecule has 0 aliphatic carbocycles. The summed E-state index contributed by atoms with van der Waals surface area (Å²) < 4.78 is 10.1. The van der Waals surface area contributed by atoms with E-state index in [1.54, 1.807) is 96.9 Å². The number of amides is 14. The third-order valence-corrected chi connectivity index (χ3v) is 16.1. The first-order chi connectivity index (χ1) is 46.5. The van der Waals surface area contributed by atoms with E-state index in [0.717, 1.165) is 0 Å². The summed E-state index contributed by atoms with van der Waals surface area (Å²) in [5.74, 6) is -12.5. The third-order valence-electron chi connectivity index (χ3n) is 16.1. The van der Waals surface area contributed by atoms with Crippen LogP contribution in [0.25, 0.3) is 0 Å². The zero-order chi connectivity index (χ0) is 78.4. The monoisotopic (exact) mass is 1430 g/mol. The van der Waals surface area contributed by atoms with Crippen molar-refractivity contribution < 1.29 is 81.4 Å². The minimum atomic E-state index is -1.68. The molecule has 0 spiro atoms. The maximum atomic E-state index is 14.3. The van der Waals surface area contributed by atoms with Crippen LogP contribution in [0.4, 0.5) is 4.79 Å². The first kappa shape index (κ1) is 92.8. The molecule has 1 unspecified atom stereocenters. The number of hydrogen-bond acceptors (Lipinski definition) is 17. The summed E-state index contributed by atoms with van der Waals surface area (Å²) in [6, 6.07) is -11.6.